The molecule has 1 amide bonds. The molecular weight excluding hydrogens is 342 g/mol. The van der Waals surface area contributed by atoms with Gasteiger partial charge in [0, 0.05) is 17.8 Å². The standard InChI is InChI=1S/C19H20F2N2O3/c1-25-15-10-9-14(11-16(15)26-19(20)21)22-17(12-5-3-2-4-6-12)18(24)23-13-7-8-13/h2-6,9-11,13,17,19,22H,7-8H2,1H3,(H,23,24). The SMILES string of the molecule is COc1ccc(NC(C(=O)NC2CC2)c2ccccc2)cc1OC(F)F. The second-order valence-electron chi connectivity index (χ2n) is 6.02. The monoisotopic (exact) mass is 362 g/mol. The second kappa shape index (κ2) is 8.03. The van der Waals surface area contributed by atoms with Gasteiger partial charge < -0.3 is 20.1 Å². The van der Waals surface area contributed by atoms with Crippen molar-refractivity contribution < 1.29 is 23.0 Å². The van der Waals surface area contributed by atoms with Gasteiger partial charge in [0.05, 0.1) is 7.11 Å². The van der Waals surface area contributed by atoms with Crippen LogP contribution in [0.3, 0.4) is 0 Å². The summed E-state index contributed by atoms with van der Waals surface area (Å²) in [6.07, 6.45) is 1.95. The molecule has 1 fully saturated rings. The van der Waals surface area contributed by atoms with E-state index in [1.165, 1.54) is 19.2 Å². The van der Waals surface area contributed by atoms with Crippen LogP contribution in [-0.2, 0) is 4.79 Å². The highest BCUT2D eigenvalue weighted by Gasteiger charge is 2.28. The lowest BCUT2D eigenvalue weighted by Gasteiger charge is -2.21. The quantitative estimate of drug-likeness (QED) is 0.751. The van der Waals surface area contributed by atoms with E-state index in [0.717, 1.165) is 18.4 Å². The molecule has 0 saturated heterocycles. The molecule has 0 spiro atoms. The molecule has 0 aromatic heterocycles. The third-order valence-electron chi connectivity index (χ3n) is 4.01. The zero-order valence-corrected chi connectivity index (χ0v) is 14.2. The van der Waals surface area contributed by atoms with Crippen LogP contribution >= 0.6 is 0 Å². The molecule has 1 atom stereocenters. The summed E-state index contributed by atoms with van der Waals surface area (Å²) >= 11 is 0. The van der Waals surface area contributed by atoms with Crippen molar-refractivity contribution in [2.75, 3.05) is 12.4 Å². The van der Waals surface area contributed by atoms with Crippen LogP contribution in [0.2, 0.25) is 0 Å². The molecule has 2 N–H and O–H groups in total. The van der Waals surface area contributed by atoms with Crippen LogP contribution < -0.4 is 20.1 Å². The number of hydrogen-bond acceptors (Lipinski definition) is 4. The molecule has 1 aliphatic rings. The molecule has 0 radical (unpaired) electrons. The van der Waals surface area contributed by atoms with Crippen molar-refractivity contribution in [2.24, 2.45) is 0 Å². The summed E-state index contributed by atoms with van der Waals surface area (Å²) in [4.78, 5) is 12.6. The maximum atomic E-state index is 12.6. The Morgan fingerprint density at radius 2 is 1.85 bits per heavy atom. The summed E-state index contributed by atoms with van der Waals surface area (Å²) in [6.45, 7) is -2.97. The second-order valence-corrected chi connectivity index (χ2v) is 6.02. The Labute approximate surface area is 150 Å². The summed E-state index contributed by atoms with van der Waals surface area (Å²) < 4.78 is 34.8. The first-order chi connectivity index (χ1) is 12.6. The first-order valence-electron chi connectivity index (χ1n) is 8.31. The van der Waals surface area contributed by atoms with Gasteiger partial charge in [-0.3, -0.25) is 4.79 Å². The molecule has 3 rings (SSSR count). The predicted molar refractivity (Wildman–Crippen MR) is 93.6 cm³/mol. The minimum atomic E-state index is -2.97. The van der Waals surface area contributed by atoms with Crippen molar-refractivity contribution in [3.63, 3.8) is 0 Å². The molecule has 0 aliphatic heterocycles. The van der Waals surface area contributed by atoms with Crippen LogP contribution in [0.1, 0.15) is 24.4 Å². The molecule has 1 aliphatic carbocycles. The average molecular weight is 362 g/mol. The highest BCUT2D eigenvalue weighted by Crippen LogP contribution is 2.33. The number of rotatable bonds is 8. The van der Waals surface area contributed by atoms with E-state index in [4.69, 9.17) is 4.74 Å². The van der Waals surface area contributed by atoms with Gasteiger partial charge in [-0.2, -0.15) is 8.78 Å². The lowest BCUT2D eigenvalue weighted by molar-refractivity contribution is -0.122. The molecule has 0 heterocycles. The summed E-state index contributed by atoms with van der Waals surface area (Å²) in [7, 11) is 1.37. The number of methoxy groups -OCH3 is 1. The number of alkyl halides is 2. The van der Waals surface area contributed by atoms with E-state index >= 15 is 0 Å². The summed E-state index contributed by atoms with van der Waals surface area (Å²) in [5, 5.41) is 6.07. The van der Waals surface area contributed by atoms with Crippen molar-refractivity contribution in [3.8, 4) is 11.5 Å². The van der Waals surface area contributed by atoms with Crippen molar-refractivity contribution >= 4 is 11.6 Å². The molecule has 0 bridgehead atoms. The number of anilines is 1. The van der Waals surface area contributed by atoms with Gasteiger partial charge in [0.25, 0.3) is 0 Å². The fourth-order valence-electron chi connectivity index (χ4n) is 2.58. The minimum absolute atomic E-state index is 0.0955. The molecule has 138 valence electrons. The Hall–Kier alpha value is -2.83. The van der Waals surface area contributed by atoms with E-state index in [-0.39, 0.29) is 23.4 Å². The van der Waals surface area contributed by atoms with Gasteiger partial charge in [-0.1, -0.05) is 30.3 Å². The third kappa shape index (κ3) is 4.62. The maximum absolute atomic E-state index is 12.6. The van der Waals surface area contributed by atoms with Gasteiger partial charge in [-0.15, -0.1) is 0 Å². The number of nitrogens with one attached hydrogen (secondary N) is 2. The number of halogens is 2. The lowest BCUT2D eigenvalue weighted by atomic mass is 10.1. The molecular formula is C19H20F2N2O3. The first kappa shape index (κ1) is 18.0. The Morgan fingerprint density at radius 1 is 1.12 bits per heavy atom. The van der Waals surface area contributed by atoms with Gasteiger partial charge in [0.15, 0.2) is 11.5 Å². The van der Waals surface area contributed by atoms with Gasteiger partial charge in [-0.05, 0) is 30.5 Å². The van der Waals surface area contributed by atoms with Gasteiger partial charge >= 0.3 is 6.61 Å². The van der Waals surface area contributed by atoms with Crippen molar-refractivity contribution in [1.82, 2.24) is 5.32 Å². The van der Waals surface area contributed by atoms with E-state index in [9.17, 15) is 13.6 Å². The fourth-order valence-corrected chi connectivity index (χ4v) is 2.58. The Morgan fingerprint density at radius 3 is 2.46 bits per heavy atom. The number of carbonyl (C=O) groups excluding carboxylic acids is 1. The number of hydrogen-bond donors (Lipinski definition) is 2. The normalized spacial score (nSPS) is 14.6. The van der Waals surface area contributed by atoms with E-state index in [1.54, 1.807) is 6.07 Å². The van der Waals surface area contributed by atoms with Crippen LogP contribution in [0.15, 0.2) is 48.5 Å². The molecule has 1 saturated carbocycles. The highest BCUT2D eigenvalue weighted by molar-refractivity contribution is 5.86. The molecule has 1 unspecified atom stereocenters. The first-order valence-corrected chi connectivity index (χ1v) is 8.31. The number of benzene rings is 2. The van der Waals surface area contributed by atoms with Crippen molar-refractivity contribution in [1.29, 1.82) is 0 Å². The third-order valence-corrected chi connectivity index (χ3v) is 4.01. The van der Waals surface area contributed by atoms with Crippen LogP contribution in [0.25, 0.3) is 0 Å². The summed E-state index contributed by atoms with van der Waals surface area (Å²) in [6, 6.07) is 13.3. The van der Waals surface area contributed by atoms with Crippen LogP contribution in [0.4, 0.5) is 14.5 Å². The van der Waals surface area contributed by atoms with Gasteiger partial charge in [0.1, 0.15) is 6.04 Å². The minimum Gasteiger partial charge on any atom is -0.493 e. The largest absolute Gasteiger partial charge is 0.493 e. The van der Waals surface area contributed by atoms with E-state index in [0.29, 0.717) is 5.69 Å². The Bertz CT molecular complexity index is 752. The molecule has 7 heteroatoms. The van der Waals surface area contributed by atoms with E-state index in [2.05, 4.69) is 15.4 Å². The van der Waals surface area contributed by atoms with Crippen molar-refractivity contribution in [2.45, 2.75) is 31.5 Å². The van der Waals surface area contributed by atoms with Crippen molar-refractivity contribution in [3.05, 3.63) is 54.1 Å². The fraction of sp³-hybridized carbons (Fsp3) is 0.316. The van der Waals surface area contributed by atoms with Crippen LogP contribution in [-0.4, -0.2) is 25.7 Å². The molecule has 26 heavy (non-hydrogen) atoms. The number of carbonyl (C=O) groups is 1. The van der Waals surface area contributed by atoms with Crippen LogP contribution in [0.5, 0.6) is 11.5 Å². The van der Waals surface area contributed by atoms with Gasteiger partial charge in [0.2, 0.25) is 5.91 Å². The lowest BCUT2D eigenvalue weighted by Crippen LogP contribution is -2.34. The zero-order chi connectivity index (χ0) is 18.5. The number of amides is 1. The average Bonchev–Trinajstić information content (AvgIpc) is 3.44. The molecule has 2 aromatic rings. The molecule has 5 nitrogen and oxygen atoms in total. The van der Waals surface area contributed by atoms with E-state index < -0.39 is 12.7 Å². The predicted octanol–water partition coefficient (Wildman–Crippen LogP) is 3.73. The Kier molecular flexibility index (Phi) is 5.55. The Balaban J connectivity index is 1.84. The zero-order valence-electron chi connectivity index (χ0n) is 14.2. The number of ether oxygens (including phenoxy) is 2. The summed E-state index contributed by atoms with van der Waals surface area (Å²) in [5.41, 5.74) is 1.25. The van der Waals surface area contributed by atoms with E-state index in [1.807, 2.05) is 30.3 Å². The summed E-state index contributed by atoms with van der Waals surface area (Å²) in [5.74, 6) is -0.0673. The highest BCUT2D eigenvalue weighted by atomic mass is 19.3. The van der Waals surface area contributed by atoms with Crippen LogP contribution in [0, 0.1) is 0 Å². The topological polar surface area (TPSA) is 59.6 Å². The molecule has 2 aromatic carbocycles. The van der Waals surface area contributed by atoms with Gasteiger partial charge in [-0.25, -0.2) is 0 Å². The maximum Gasteiger partial charge on any atom is 0.387 e. The smallest absolute Gasteiger partial charge is 0.387 e.